The van der Waals surface area contributed by atoms with Crippen molar-refractivity contribution in [2.45, 2.75) is 6.04 Å². The molecule has 0 radical (unpaired) electrons. The first kappa shape index (κ1) is 23.4. The highest BCUT2D eigenvalue weighted by Crippen LogP contribution is 2.20. The van der Waals surface area contributed by atoms with Gasteiger partial charge in [0.25, 0.3) is 0 Å². The summed E-state index contributed by atoms with van der Waals surface area (Å²) < 4.78 is 0. The first-order valence-electron chi connectivity index (χ1n) is 6.81. The Morgan fingerprint density at radius 1 is 1.04 bits per heavy atom. The molecule has 1 atom stereocenters. The molecule has 0 aliphatic heterocycles. The molecule has 10 heteroatoms. The van der Waals surface area contributed by atoms with Crippen LogP contribution in [0.25, 0.3) is 11.4 Å². The second-order valence-electron chi connectivity index (χ2n) is 4.72. The molecule has 4 N–H and O–H groups in total. The summed E-state index contributed by atoms with van der Waals surface area (Å²) in [5, 5.41) is 11.2. The van der Waals surface area contributed by atoms with Gasteiger partial charge in [-0.05, 0) is 36.4 Å². The Labute approximate surface area is 169 Å². The number of rotatable bonds is 5. The van der Waals surface area contributed by atoms with Crippen LogP contribution in [0.4, 0.5) is 5.69 Å². The quantitative estimate of drug-likeness (QED) is 0.578. The number of halogens is 4. The van der Waals surface area contributed by atoms with Crippen molar-refractivity contribution in [1.29, 1.82) is 0 Å². The summed E-state index contributed by atoms with van der Waals surface area (Å²) in [5.74, 6) is 1.30. The topological polar surface area (TPSA) is 92.5 Å². The fraction of sp³-hybridized carbons (Fsp3) is 0.133. The van der Waals surface area contributed by atoms with Gasteiger partial charge in [0.15, 0.2) is 5.82 Å². The zero-order chi connectivity index (χ0) is 15.4. The summed E-state index contributed by atoms with van der Waals surface area (Å²) in [6, 6.07) is 11.0. The molecular weight excluding hydrogens is 406 g/mol. The third-order valence-electron chi connectivity index (χ3n) is 3.19. The third-order valence-corrected chi connectivity index (χ3v) is 3.44. The van der Waals surface area contributed by atoms with Crippen LogP contribution in [-0.4, -0.2) is 26.7 Å². The molecule has 0 spiro atoms. The van der Waals surface area contributed by atoms with Crippen molar-refractivity contribution in [2.24, 2.45) is 5.73 Å². The maximum atomic E-state index is 5.88. The summed E-state index contributed by atoms with van der Waals surface area (Å²) in [4.78, 5) is 8.49. The molecular formula is C15H18Cl4N6. The number of nitrogens with one attached hydrogen (secondary N) is 2. The van der Waals surface area contributed by atoms with Crippen molar-refractivity contribution in [2.75, 3.05) is 11.9 Å². The lowest BCUT2D eigenvalue weighted by Crippen LogP contribution is -2.21. The predicted octanol–water partition coefficient (Wildman–Crippen LogP) is 3.90. The SMILES string of the molecule is Cl.Cl.Cl.NCC(Nc1ccc(Cl)cc1)c1nc(-c2ccncc2)n[nH]1. The van der Waals surface area contributed by atoms with Crippen LogP contribution in [0.5, 0.6) is 0 Å². The molecule has 0 aliphatic carbocycles. The standard InChI is InChI=1S/C15H15ClN6.3ClH/c16-11-1-3-12(4-2-11)19-13(9-17)15-20-14(21-22-15)10-5-7-18-8-6-10;;;/h1-8,13,19H,9,17H2,(H,20,21,22);3*1H. The van der Waals surface area contributed by atoms with E-state index in [1.807, 2.05) is 36.4 Å². The minimum Gasteiger partial charge on any atom is -0.374 e. The molecule has 136 valence electrons. The average molecular weight is 424 g/mol. The van der Waals surface area contributed by atoms with E-state index in [0.717, 1.165) is 11.3 Å². The van der Waals surface area contributed by atoms with Crippen LogP contribution in [0.3, 0.4) is 0 Å². The Balaban J connectivity index is 0.00000192. The van der Waals surface area contributed by atoms with Crippen LogP contribution in [0, 0.1) is 0 Å². The Hall–Kier alpha value is -1.57. The molecule has 2 heterocycles. The molecule has 2 aromatic heterocycles. The van der Waals surface area contributed by atoms with Gasteiger partial charge >= 0.3 is 0 Å². The van der Waals surface area contributed by atoms with Gasteiger partial charge in [0.05, 0.1) is 6.04 Å². The van der Waals surface area contributed by atoms with Crippen LogP contribution in [-0.2, 0) is 0 Å². The lowest BCUT2D eigenvalue weighted by atomic mass is 10.2. The van der Waals surface area contributed by atoms with E-state index in [1.54, 1.807) is 12.4 Å². The van der Waals surface area contributed by atoms with Crippen molar-refractivity contribution in [3.8, 4) is 11.4 Å². The van der Waals surface area contributed by atoms with Crippen molar-refractivity contribution < 1.29 is 0 Å². The zero-order valence-corrected chi connectivity index (χ0v) is 16.1. The summed E-state index contributed by atoms with van der Waals surface area (Å²) >= 11 is 5.88. The van der Waals surface area contributed by atoms with Crippen molar-refractivity contribution in [1.82, 2.24) is 20.2 Å². The minimum absolute atomic E-state index is 0. The van der Waals surface area contributed by atoms with Crippen LogP contribution < -0.4 is 11.1 Å². The lowest BCUT2D eigenvalue weighted by Gasteiger charge is -2.15. The van der Waals surface area contributed by atoms with Gasteiger partial charge in [0.1, 0.15) is 5.82 Å². The van der Waals surface area contributed by atoms with Gasteiger partial charge in [0, 0.05) is 35.2 Å². The number of aromatic nitrogens is 4. The van der Waals surface area contributed by atoms with E-state index in [4.69, 9.17) is 17.3 Å². The Morgan fingerprint density at radius 3 is 2.28 bits per heavy atom. The van der Waals surface area contributed by atoms with Gasteiger partial charge in [0.2, 0.25) is 0 Å². The fourth-order valence-corrected chi connectivity index (χ4v) is 2.17. The number of hydrogen-bond donors (Lipinski definition) is 3. The molecule has 25 heavy (non-hydrogen) atoms. The molecule has 0 bridgehead atoms. The Kier molecular flexibility index (Phi) is 10.4. The van der Waals surface area contributed by atoms with Gasteiger partial charge in [-0.1, -0.05) is 11.6 Å². The zero-order valence-electron chi connectivity index (χ0n) is 12.9. The number of pyridine rings is 1. The fourth-order valence-electron chi connectivity index (χ4n) is 2.05. The number of benzene rings is 1. The second kappa shape index (κ2) is 11.1. The number of aromatic amines is 1. The van der Waals surface area contributed by atoms with Crippen molar-refractivity contribution in [3.63, 3.8) is 0 Å². The molecule has 1 aromatic carbocycles. The van der Waals surface area contributed by atoms with E-state index in [9.17, 15) is 0 Å². The highest BCUT2D eigenvalue weighted by atomic mass is 35.5. The maximum Gasteiger partial charge on any atom is 0.181 e. The van der Waals surface area contributed by atoms with Gasteiger partial charge in [-0.25, -0.2) is 4.98 Å². The molecule has 0 saturated carbocycles. The van der Waals surface area contributed by atoms with Gasteiger partial charge in [-0.3, -0.25) is 10.1 Å². The minimum atomic E-state index is -0.163. The number of nitrogens with zero attached hydrogens (tertiary/aromatic N) is 3. The maximum absolute atomic E-state index is 5.88. The van der Waals surface area contributed by atoms with Crippen molar-refractivity contribution in [3.05, 3.63) is 59.6 Å². The largest absolute Gasteiger partial charge is 0.374 e. The highest BCUT2D eigenvalue weighted by Gasteiger charge is 2.15. The Bertz CT molecular complexity index is 735. The van der Waals surface area contributed by atoms with E-state index in [1.165, 1.54) is 0 Å². The number of nitrogens with two attached hydrogens (primary N) is 1. The molecule has 6 nitrogen and oxygen atoms in total. The summed E-state index contributed by atoms with van der Waals surface area (Å²) in [5.41, 5.74) is 7.66. The summed E-state index contributed by atoms with van der Waals surface area (Å²) in [6.45, 7) is 0.383. The molecule has 0 amide bonds. The molecule has 0 aliphatic rings. The molecule has 3 rings (SSSR count). The van der Waals surface area contributed by atoms with E-state index in [2.05, 4.69) is 25.5 Å². The number of H-pyrrole nitrogens is 1. The van der Waals surface area contributed by atoms with Crippen LogP contribution in [0.2, 0.25) is 5.02 Å². The van der Waals surface area contributed by atoms with E-state index >= 15 is 0 Å². The molecule has 1 unspecified atom stereocenters. The molecule has 0 fully saturated rings. The average Bonchev–Trinajstić information content (AvgIpc) is 3.05. The van der Waals surface area contributed by atoms with Crippen LogP contribution in [0.15, 0.2) is 48.8 Å². The van der Waals surface area contributed by atoms with Crippen LogP contribution in [0.1, 0.15) is 11.9 Å². The first-order valence-corrected chi connectivity index (χ1v) is 7.19. The first-order chi connectivity index (χ1) is 10.8. The van der Waals surface area contributed by atoms with E-state index in [-0.39, 0.29) is 43.3 Å². The second-order valence-corrected chi connectivity index (χ2v) is 5.16. The highest BCUT2D eigenvalue weighted by molar-refractivity contribution is 6.30. The monoisotopic (exact) mass is 422 g/mol. The van der Waals surface area contributed by atoms with E-state index < -0.39 is 0 Å². The smallest absolute Gasteiger partial charge is 0.181 e. The third kappa shape index (κ3) is 6.02. The summed E-state index contributed by atoms with van der Waals surface area (Å²) in [6.07, 6.45) is 3.41. The lowest BCUT2D eigenvalue weighted by molar-refractivity contribution is 0.730. The summed E-state index contributed by atoms with van der Waals surface area (Å²) in [7, 11) is 0. The molecule has 3 aromatic rings. The predicted molar refractivity (Wildman–Crippen MR) is 108 cm³/mol. The van der Waals surface area contributed by atoms with Gasteiger partial charge in [-0.15, -0.1) is 37.2 Å². The van der Waals surface area contributed by atoms with Crippen molar-refractivity contribution >= 4 is 54.5 Å². The van der Waals surface area contributed by atoms with E-state index in [0.29, 0.717) is 23.2 Å². The normalized spacial score (nSPS) is 10.6. The number of hydrogen-bond acceptors (Lipinski definition) is 5. The van der Waals surface area contributed by atoms with Gasteiger partial charge < -0.3 is 11.1 Å². The Morgan fingerprint density at radius 2 is 1.68 bits per heavy atom. The molecule has 0 saturated heterocycles. The van der Waals surface area contributed by atoms with Crippen LogP contribution >= 0.6 is 48.8 Å². The van der Waals surface area contributed by atoms with Gasteiger partial charge in [-0.2, -0.15) is 5.10 Å². The number of anilines is 1.